The molecule has 6 nitrogen and oxygen atoms in total. The highest BCUT2D eigenvalue weighted by Crippen LogP contribution is 2.29. The number of methoxy groups -OCH3 is 1. The molecule has 2 aromatic carbocycles. The van der Waals surface area contributed by atoms with E-state index in [1.807, 2.05) is 31.2 Å². The van der Waals surface area contributed by atoms with Gasteiger partial charge in [0.05, 0.1) is 17.7 Å². The van der Waals surface area contributed by atoms with Gasteiger partial charge in [-0.15, -0.1) is 11.8 Å². The van der Waals surface area contributed by atoms with Crippen LogP contribution in [0.3, 0.4) is 0 Å². The summed E-state index contributed by atoms with van der Waals surface area (Å²) in [5, 5.41) is 13.5. The summed E-state index contributed by atoms with van der Waals surface area (Å²) in [6, 6.07) is 12.2. The zero-order valence-corrected chi connectivity index (χ0v) is 14.3. The second-order valence-electron chi connectivity index (χ2n) is 5.10. The van der Waals surface area contributed by atoms with Crippen LogP contribution in [0, 0.1) is 17.0 Å². The van der Waals surface area contributed by atoms with Gasteiger partial charge in [0.15, 0.2) is 0 Å². The maximum Gasteiger partial charge on any atom is 0.271 e. The number of nitro groups is 1. The zero-order valence-electron chi connectivity index (χ0n) is 13.4. The predicted molar refractivity (Wildman–Crippen MR) is 94.8 cm³/mol. The van der Waals surface area contributed by atoms with Crippen LogP contribution in [0.2, 0.25) is 0 Å². The molecule has 0 saturated heterocycles. The number of carbonyl (C=O) groups is 1. The molecule has 0 unspecified atom stereocenters. The molecule has 0 radical (unpaired) electrons. The summed E-state index contributed by atoms with van der Waals surface area (Å²) in [7, 11) is 1.45. The number of hydrogen-bond donors (Lipinski definition) is 1. The maximum atomic E-state index is 12.1. The number of aryl methyl sites for hydroxylation is 1. The topological polar surface area (TPSA) is 81.5 Å². The van der Waals surface area contributed by atoms with Crippen molar-refractivity contribution in [3.05, 3.63) is 58.1 Å². The smallest absolute Gasteiger partial charge is 0.271 e. The van der Waals surface area contributed by atoms with Crippen molar-refractivity contribution < 1.29 is 14.5 Å². The van der Waals surface area contributed by atoms with Gasteiger partial charge in [0, 0.05) is 29.2 Å². The number of nitrogens with one attached hydrogen (secondary N) is 1. The number of benzene rings is 2. The van der Waals surface area contributed by atoms with E-state index in [9.17, 15) is 14.9 Å². The molecule has 0 spiro atoms. The SMILES string of the molecule is COc1ccc([N+](=O)[O-])cc1NC(=O)CCSc1ccc(C)cc1. The first-order valence-electron chi connectivity index (χ1n) is 7.31. The lowest BCUT2D eigenvalue weighted by Crippen LogP contribution is -2.13. The van der Waals surface area contributed by atoms with Gasteiger partial charge in [0.25, 0.3) is 5.69 Å². The van der Waals surface area contributed by atoms with Gasteiger partial charge in [-0.3, -0.25) is 14.9 Å². The molecule has 0 saturated carbocycles. The van der Waals surface area contributed by atoms with Crippen molar-refractivity contribution in [3.8, 4) is 5.75 Å². The minimum atomic E-state index is -0.512. The molecule has 0 aliphatic heterocycles. The van der Waals surface area contributed by atoms with Crippen LogP contribution in [0.25, 0.3) is 0 Å². The number of non-ortho nitro benzene ring substituents is 1. The summed E-state index contributed by atoms with van der Waals surface area (Å²) in [5.41, 5.74) is 1.40. The standard InChI is InChI=1S/C17H18N2O4S/c1-12-3-6-14(7-4-12)24-10-9-17(20)18-15-11-13(19(21)22)5-8-16(15)23-2/h3-8,11H,9-10H2,1-2H3,(H,18,20). The lowest BCUT2D eigenvalue weighted by Gasteiger charge is -2.10. The molecule has 1 amide bonds. The van der Waals surface area contributed by atoms with Gasteiger partial charge < -0.3 is 10.1 Å². The Morgan fingerprint density at radius 3 is 2.58 bits per heavy atom. The van der Waals surface area contributed by atoms with Crippen LogP contribution >= 0.6 is 11.8 Å². The van der Waals surface area contributed by atoms with Crippen LogP contribution in [0.1, 0.15) is 12.0 Å². The Labute approximate surface area is 144 Å². The molecule has 0 atom stereocenters. The van der Waals surface area contributed by atoms with Crippen molar-refractivity contribution in [2.24, 2.45) is 0 Å². The number of nitrogens with zero attached hydrogens (tertiary/aromatic N) is 1. The van der Waals surface area contributed by atoms with E-state index >= 15 is 0 Å². The average Bonchev–Trinajstić information content (AvgIpc) is 2.56. The maximum absolute atomic E-state index is 12.1. The van der Waals surface area contributed by atoms with E-state index < -0.39 is 4.92 Å². The fraction of sp³-hybridized carbons (Fsp3) is 0.235. The molecule has 0 heterocycles. The van der Waals surface area contributed by atoms with Crippen LogP contribution in [0.4, 0.5) is 11.4 Å². The Morgan fingerprint density at radius 1 is 1.25 bits per heavy atom. The quantitative estimate of drug-likeness (QED) is 0.465. The highest BCUT2D eigenvalue weighted by Gasteiger charge is 2.13. The normalized spacial score (nSPS) is 10.2. The molecule has 2 aromatic rings. The summed E-state index contributed by atoms with van der Waals surface area (Å²) in [5.74, 6) is 0.792. The van der Waals surface area contributed by atoms with Crippen LogP contribution in [0.5, 0.6) is 5.75 Å². The summed E-state index contributed by atoms with van der Waals surface area (Å²) < 4.78 is 5.12. The van der Waals surface area contributed by atoms with Crippen LogP contribution < -0.4 is 10.1 Å². The van der Waals surface area contributed by atoms with Crippen molar-refractivity contribution in [2.75, 3.05) is 18.2 Å². The Kier molecular flexibility index (Phi) is 6.20. The molecule has 0 bridgehead atoms. The van der Waals surface area contributed by atoms with Gasteiger partial charge in [-0.05, 0) is 25.1 Å². The third-order valence-corrected chi connectivity index (χ3v) is 4.30. The first-order valence-corrected chi connectivity index (χ1v) is 8.30. The lowest BCUT2D eigenvalue weighted by molar-refractivity contribution is -0.384. The van der Waals surface area contributed by atoms with Gasteiger partial charge in [-0.2, -0.15) is 0 Å². The van der Waals surface area contributed by atoms with Crippen molar-refractivity contribution in [2.45, 2.75) is 18.2 Å². The number of ether oxygens (including phenoxy) is 1. The van der Waals surface area contributed by atoms with Gasteiger partial charge in [0.2, 0.25) is 5.91 Å². The van der Waals surface area contributed by atoms with Crippen molar-refractivity contribution in [1.29, 1.82) is 0 Å². The molecule has 126 valence electrons. The Bertz CT molecular complexity index is 732. The number of hydrogen-bond acceptors (Lipinski definition) is 5. The minimum Gasteiger partial charge on any atom is -0.495 e. The highest BCUT2D eigenvalue weighted by atomic mass is 32.2. The largest absolute Gasteiger partial charge is 0.495 e. The summed E-state index contributed by atoms with van der Waals surface area (Å²) in [4.78, 5) is 23.5. The third-order valence-electron chi connectivity index (χ3n) is 3.29. The van der Waals surface area contributed by atoms with E-state index in [2.05, 4.69) is 5.32 Å². The number of carbonyl (C=O) groups excluding carboxylic acids is 1. The molecule has 0 aromatic heterocycles. The summed E-state index contributed by atoms with van der Waals surface area (Å²) in [6.45, 7) is 2.02. The molecule has 7 heteroatoms. The molecule has 24 heavy (non-hydrogen) atoms. The van der Waals surface area contributed by atoms with E-state index in [1.54, 1.807) is 11.8 Å². The van der Waals surface area contributed by atoms with E-state index in [4.69, 9.17) is 4.74 Å². The lowest BCUT2D eigenvalue weighted by atomic mass is 10.2. The Morgan fingerprint density at radius 2 is 1.96 bits per heavy atom. The molecule has 0 aliphatic carbocycles. The van der Waals surface area contributed by atoms with Crippen molar-refractivity contribution in [1.82, 2.24) is 0 Å². The van der Waals surface area contributed by atoms with Crippen molar-refractivity contribution >= 4 is 29.0 Å². The third kappa shape index (κ3) is 4.99. The molecule has 1 N–H and O–H groups in total. The Hall–Kier alpha value is -2.54. The molecular formula is C17H18N2O4S. The van der Waals surface area contributed by atoms with E-state index in [0.717, 1.165) is 4.90 Å². The van der Waals surface area contributed by atoms with E-state index in [-0.39, 0.29) is 11.6 Å². The molecular weight excluding hydrogens is 328 g/mol. The molecule has 0 aliphatic rings. The minimum absolute atomic E-state index is 0.0971. The fourth-order valence-electron chi connectivity index (χ4n) is 2.02. The first kappa shape index (κ1) is 17.8. The van der Waals surface area contributed by atoms with Gasteiger partial charge in [-0.1, -0.05) is 17.7 Å². The monoisotopic (exact) mass is 346 g/mol. The van der Waals surface area contributed by atoms with E-state index in [0.29, 0.717) is 23.6 Å². The van der Waals surface area contributed by atoms with E-state index in [1.165, 1.54) is 30.9 Å². The number of amides is 1. The first-order chi connectivity index (χ1) is 11.5. The average molecular weight is 346 g/mol. The van der Waals surface area contributed by atoms with Gasteiger partial charge >= 0.3 is 0 Å². The van der Waals surface area contributed by atoms with Crippen LogP contribution in [0.15, 0.2) is 47.4 Å². The van der Waals surface area contributed by atoms with Crippen molar-refractivity contribution in [3.63, 3.8) is 0 Å². The van der Waals surface area contributed by atoms with Crippen LogP contribution in [-0.2, 0) is 4.79 Å². The van der Waals surface area contributed by atoms with Gasteiger partial charge in [0.1, 0.15) is 5.75 Å². The number of rotatable bonds is 7. The molecule has 0 fully saturated rings. The zero-order chi connectivity index (χ0) is 17.5. The Balaban J connectivity index is 1.93. The second kappa shape index (κ2) is 8.35. The number of anilines is 1. The van der Waals surface area contributed by atoms with Gasteiger partial charge in [-0.25, -0.2) is 0 Å². The second-order valence-corrected chi connectivity index (χ2v) is 6.27. The summed E-state index contributed by atoms with van der Waals surface area (Å²) >= 11 is 1.59. The summed E-state index contributed by atoms with van der Waals surface area (Å²) in [6.07, 6.45) is 0.296. The number of nitro benzene ring substituents is 1. The fourth-order valence-corrected chi connectivity index (χ4v) is 2.87. The predicted octanol–water partition coefficient (Wildman–Crippen LogP) is 4.03. The van der Waals surface area contributed by atoms with Crippen LogP contribution in [-0.4, -0.2) is 23.7 Å². The molecule has 2 rings (SSSR count). The number of thioether (sulfide) groups is 1. The highest BCUT2D eigenvalue weighted by molar-refractivity contribution is 7.99.